The number of nitrogens with zero attached hydrogens (tertiary/aromatic N) is 2. The molecule has 0 aliphatic heterocycles. The second-order valence-electron chi connectivity index (χ2n) is 5.12. The Labute approximate surface area is 136 Å². The molecule has 122 valence electrons. The smallest absolute Gasteiger partial charge is 0.258 e. The van der Waals surface area contributed by atoms with Crippen molar-refractivity contribution in [2.24, 2.45) is 0 Å². The quantitative estimate of drug-likeness (QED) is 0.731. The number of methoxy groups -OCH3 is 1. The van der Waals surface area contributed by atoms with E-state index in [-0.39, 0.29) is 5.91 Å². The first-order valence-corrected chi connectivity index (χ1v) is 7.74. The van der Waals surface area contributed by atoms with Crippen LogP contribution in [0, 0.1) is 0 Å². The standard InChI is InChI=1S/C17H22N4O2/c1-3-4-5-9-18-17-19-11-13(12-20-17)16(22)21-14-7-6-8-15(10-14)23-2/h6-8,10-12H,3-5,9H2,1-2H3,(H,21,22)(H,18,19,20). The van der Waals surface area contributed by atoms with Gasteiger partial charge in [-0.1, -0.05) is 25.8 Å². The first kappa shape index (κ1) is 16.7. The first-order chi connectivity index (χ1) is 11.2. The van der Waals surface area contributed by atoms with Gasteiger partial charge >= 0.3 is 0 Å². The summed E-state index contributed by atoms with van der Waals surface area (Å²) in [7, 11) is 1.58. The molecule has 1 aromatic carbocycles. The van der Waals surface area contributed by atoms with Gasteiger partial charge in [-0.2, -0.15) is 0 Å². The van der Waals surface area contributed by atoms with Gasteiger partial charge in [-0.3, -0.25) is 4.79 Å². The van der Waals surface area contributed by atoms with Gasteiger partial charge in [0.1, 0.15) is 5.75 Å². The largest absolute Gasteiger partial charge is 0.497 e. The Bertz CT molecular complexity index is 629. The summed E-state index contributed by atoms with van der Waals surface area (Å²) in [5, 5.41) is 5.93. The monoisotopic (exact) mass is 314 g/mol. The first-order valence-electron chi connectivity index (χ1n) is 7.74. The molecule has 2 rings (SSSR count). The second kappa shape index (κ2) is 8.73. The number of aromatic nitrogens is 2. The summed E-state index contributed by atoms with van der Waals surface area (Å²) in [5.41, 5.74) is 1.07. The Kier molecular flexibility index (Phi) is 6.35. The third-order valence-corrected chi connectivity index (χ3v) is 3.31. The van der Waals surface area contributed by atoms with Crippen LogP contribution in [0.2, 0.25) is 0 Å². The van der Waals surface area contributed by atoms with Crippen molar-refractivity contribution >= 4 is 17.5 Å². The summed E-state index contributed by atoms with van der Waals surface area (Å²) in [4.78, 5) is 20.5. The van der Waals surface area contributed by atoms with Crippen molar-refractivity contribution in [3.8, 4) is 5.75 Å². The van der Waals surface area contributed by atoms with Crippen LogP contribution in [0.25, 0.3) is 0 Å². The normalized spacial score (nSPS) is 10.2. The van der Waals surface area contributed by atoms with Gasteiger partial charge in [0.05, 0.1) is 12.7 Å². The van der Waals surface area contributed by atoms with Crippen LogP contribution >= 0.6 is 0 Å². The van der Waals surface area contributed by atoms with E-state index in [0.29, 0.717) is 22.9 Å². The number of amides is 1. The zero-order chi connectivity index (χ0) is 16.5. The molecule has 0 unspecified atom stereocenters. The molecule has 0 aliphatic rings. The molecule has 6 heteroatoms. The molecule has 0 saturated carbocycles. The fourth-order valence-corrected chi connectivity index (χ4v) is 2.02. The number of nitrogens with one attached hydrogen (secondary N) is 2. The highest BCUT2D eigenvalue weighted by Gasteiger charge is 2.08. The molecule has 0 atom stereocenters. The number of ether oxygens (including phenoxy) is 1. The van der Waals surface area contributed by atoms with E-state index in [1.54, 1.807) is 19.2 Å². The van der Waals surface area contributed by atoms with Crippen LogP contribution in [-0.4, -0.2) is 29.5 Å². The summed E-state index contributed by atoms with van der Waals surface area (Å²) >= 11 is 0. The Hall–Kier alpha value is -2.63. The van der Waals surface area contributed by atoms with E-state index >= 15 is 0 Å². The van der Waals surface area contributed by atoms with Gasteiger partial charge in [0.15, 0.2) is 0 Å². The van der Waals surface area contributed by atoms with Crippen LogP contribution in [0.1, 0.15) is 36.5 Å². The maximum Gasteiger partial charge on any atom is 0.258 e. The molecule has 0 bridgehead atoms. The van der Waals surface area contributed by atoms with Crippen LogP contribution in [0.4, 0.5) is 11.6 Å². The minimum absolute atomic E-state index is 0.254. The van der Waals surface area contributed by atoms with Crippen molar-refractivity contribution in [2.45, 2.75) is 26.2 Å². The predicted octanol–water partition coefficient (Wildman–Crippen LogP) is 3.34. The van der Waals surface area contributed by atoms with E-state index < -0.39 is 0 Å². The van der Waals surface area contributed by atoms with Gasteiger partial charge in [0.25, 0.3) is 5.91 Å². The average molecular weight is 314 g/mol. The Balaban J connectivity index is 1.91. The van der Waals surface area contributed by atoms with Crippen molar-refractivity contribution in [3.05, 3.63) is 42.2 Å². The molecule has 2 aromatic rings. The molecule has 1 aromatic heterocycles. The summed E-state index contributed by atoms with van der Waals surface area (Å²) in [6.45, 7) is 3.00. The van der Waals surface area contributed by atoms with Gasteiger partial charge in [-0.25, -0.2) is 9.97 Å². The van der Waals surface area contributed by atoms with Gasteiger partial charge in [0, 0.05) is 30.7 Å². The Morgan fingerprint density at radius 2 is 2.00 bits per heavy atom. The number of carbonyl (C=O) groups is 1. The summed E-state index contributed by atoms with van der Waals surface area (Å²) in [6, 6.07) is 7.18. The number of rotatable bonds is 8. The topological polar surface area (TPSA) is 76.1 Å². The van der Waals surface area contributed by atoms with Crippen molar-refractivity contribution < 1.29 is 9.53 Å². The minimum Gasteiger partial charge on any atom is -0.497 e. The highest BCUT2D eigenvalue weighted by Crippen LogP contribution is 2.17. The highest BCUT2D eigenvalue weighted by molar-refractivity contribution is 6.03. The van der Waals surface area contributed by atoms with E-state index in [1.807, 2.05) is 12.1 Å². The van der Waals surface area contributed by atoms with Gasteiger partial charge in [-0.15, -0.1) is 0 Å². The lowest BCUT2D eigenvalue weighted by Gasteiger charge is -2.07. The van der Waals surface area contributed by atoms with E-state index in [1.165, 1.54) is 25.2 Å². The lowest BCUT2D eigenvalue weighted by molar-refractivity contribution is 0.102. The van der Waals surface area contributed by atoms with Gasteiger partial charge in [0.2, 0.25) is 5.95 Å². The van der Waals surface area contributed by atoms with Crippen molar-refractivity contribution in [2.75, 3.05) is 24.3 Å². The molecular weight excluding hydrogens is 292 g/mol. The summed E-state index contributed by atoms with van der Waals surface area (Å²) in [5.74, 6) is 0.973. The lowest BCUT2D eigenvalue weighted by Crippen LogP contribution is -2.13. The number of unbranched alkanes of at least 4 members (excludes halogenated alkanes) is 2. The molecule has 2 N–H and O–H groups in total. The maximum atomic E-state index is 12.2. The molecule has 0 saturated heterocycles. The van der Waals surface area contributed by atoms with Crippen LogP contribution < -0.4 is 15.4 Å². The zero-order valence-electron chi connectivity index (χ0n) is 13.5. The predicted molar refractivity (Wildman–Crippen MR) is 91.0 cm³/mol. The second-order valence-corrected chi connectivity index (χ2v) is 5.12. The molecule has 6 nitrogen and oxygen atoms in total. The number of benzene rings is 1. The van der Waals surface area contributed by atoms with Crippen molar-refractivity contribution in [1.82, 2.24) is 9.97 Å². The number of anilines is 2. The number of hydrogen-bond donors (Lipinski definition) is 2. The van der Waals surface area contributed by atoms with Gasteiger partial charge < -0.3 is 15.4 Å². The Morgan fingerprint density at radius 1 is 1.22 bits per heavy atom. The van der Waals surface area contributed by atoms with Crippen molar-refractivity contribution in [1.29, 1.82) is 0 Å². The highest BCUT2D eigenvalue weighted by atomic mass is 16.5. The molecule has 1 heterocycles. The van der Waals surface area contributed by atoms with E-state index in [4.69, 9.17) is 4.74 Å². The van der Waals surface area contributed by atoms with Crippen molar-refractivity contribution in [3.63, 3.8) is 0 Å². The van der Waals surface area contributed by atoms with E-state index in [2.05, 4.69) is 27.5 Å². The van der Waals surface area contributed by atoms with Crippen LogP contribution in [0.15, 0.2) is 36.7 Å². The van der Waals surface area contributed by atoms with Crippen LogP contribution in [0.3, 0.4) is 0 Å². The van der Waals surface area contributed by atoms with E-state index in [9.17, 15) is 4.79 Å². The zero-order valence-corrected chi connectivity index (χ0v) is 13.5. The SMILES string of the molecule is CCCCCNc1ncc(C(=O)Nc2cccc(OC)c2)cn1. The van der Waals surface area contributed by atoms with E-state index in [0.717, 1.165) is 13.0 Å². The van der Waals surface area contributed by atoms with Crippen LogP contribution in [0.5, 0.6) is 5.75 Å². The molecule has 0 radical (unpaired) electrons. The fraction of sp³-hybridized carbons (Fsp3) is 0.353. The Morgan fingerprint density at radius 3 is 2.70 bits per heavy atom. The third kappa shape index (κ3) is 5.25. The molecule has 0 spiro atoms. The maximum absolute atomic E-state index is 12.2. The molecule has 0 fully saturated rings. The third-order valence-electron chi connectivity index (χ3n) is 3.31. The lowest BCUT2D eigenvalue weighted by atomic mass is 10.2. The number of carbonyl (C=O) groups excluding carboxylic acids is 1. The van der Waals surface area contributed by atoms with Crippen LogP contribution in [-0.2, 0) is 0 Å². The molecule has 1 amide bonds. The molecule has 23 heavy (non-hydrogen) atoms. The fourth-order valence-electron chi connectivity index (χ4n) is 2.02. The van der Waals surface area contributed by atoms with Gasteiger partial charge in [-0.05, 0) is 18.6 Å². The molecule has 0 aliphatic carbocycles. The summed E-state index contributed by atoms with van der Waals surface area (Å²) < 4.78 is 5.13. The number of hydrogen-bond acceptors (Lipinski definition) is 5. The summed E-state index contributed by atoms with van der Waals surface area (Å²) in [6.07, 6.45) is 6.47. The minimum atomic E-state index is -0.254. The average Bonchev–Trinajstić information content (AvgIpc) is 2.59. The molecular formula is C17H22N4O2.